The average Bonchev–Trinajstić information content (AvgIpc) is 2.98. The van der Waals surface area contributed by atoms with Gasteiger partial charge in [-0.15, -0.1) is 0 Å². The molecule has 38 heavy (non-hydrogen) atoms. The summed E-state index contributed by atoms with van der Waals surface area (Å²) in [6.07, 6.45) is 2.31. The van der Waals surface area contributed by atoms with Gasteiger partial charge in [-0.25, -0.2) is 4.79 Å². The Kier molecular flexibility index (Phi) is 8.98. The fourth-order valence-electron chi connectivity index (χ4n) is 4.17. The van der Waals surface area contributed by atoms with Crippen molar-refractivity contribution in [2.24, 2.45) is 0 Å². The van der Waals surface area contributed by atoms with Gasteiger partial charge in [-0.05, 0) is 79.1 Å². The minimum atomic E-state index is -0.448. The van der Waals surface area contributed by atoms with Gasteiger partial charge in [0.05, 0.1) is 17.5 Å². The van der Waals surface area contributed by atoms with E-state index in [0.29, 0.717) is 19.0 Å². The van der Waals surface area contributed by atoms with Crippen LogP contribution in [-0.2, 0) is 31.8 Å². The highest BCUT2D eigenvalue weighted by Crippen LogP contribution is 2.32. The van der Waals surface area contributed by atoms with E-state index in [1.165, 1.54) is 14.7 Å². The van der Waals surface area contributed by atoms with Crippen LogP contribution in [0.2, 0.25) is 0 Å². The molecule has 1 saturated heterocycles. The summed E-state index contributed by atoms with van der Waals surface area (Å²) in [4.78, 5) is 15.8. The van der Waals surface area contributed by atoms with Crippen LogP contribution in [0.3, 0.4) is 0 Å². The van der Waals surface area contributed by atoms with E-state index in [2.05, 4.69) is 60.7 Å². The van der Waals surface area contributed by atoms with Crippen LogP contribution in [0.5, 0.6) is 11.5 Å². The van der Waals surface area contributed by atoms with Crippen molar-refractivity contribution >= 4 is 16.9 Å². The first-order valence-electron chi connectivity index (χ1n) is 12.8. The van der Waals surface area contributed by atoms with Crippen molar-refractivity contribution in [3.8, 4) is 11.5 Å². The van der Waals surface area contributed by atoms with E-state index in [1.807, 2.05) is 48.5 Å². The molecule has 0 N–H and O–H groups in total. The second-order valence-corrected chi connectivity index (χ2v) is 10.9. The van der Waals surface area contributed by atoms with Gasteiger partial charge in [0.1, 0.15) is 18.1 Å². The molecule has 4 aromatic carbocycles. The SMILES string of the molecule is O=C(COc1ccc(COc2ccc([S+](c3ccccc3)c3ccccc3)cc2)cc1)OC1CCCCO1. The Hall–Kier alpha value is -3.74. The van der Waals surface area contributed by atoms with Crippen LogP contribution < -0.4 is 9.47 Å². The van der Waals surface area contributed by atoms with Crippen LogP contribution in [-0.4, -0.2) is 25.5 Å². The van der Waals surface area contributed by atoms with Gasteiger partial charge >= 0.3 is 5.97 Å². The summed E-state index contributed by atoms with van der Waals surface area (Å²) >= 11 is 0. The maximum absolute atomic E-state index is 12.0. The molecule has 5 rings (SSSR count). The summed E-state index contributed by atoms with van der Waals surface area (Å²) in [5, 5.41) is 0. The second-order valence-electron chi connectivity index (χ2n) is 8.91. The van der Waals surface area contributed by atoms with Crippen LogP contribution >= 0.6 is 0 Å². The molecule has 1 fully saturated rings. The maximum Gasteiger partial charge on any atom is 0.346 e. The fraction of sp³-hybridized carbons (Fsp3) is 0.219. The fourth-order valence-corrected chi connectivity index (χ4v) is 6.25. The van der Waals surface area contributed by atoms with E-state index in [1.54, 1.807) is 0 Å². The number of carbonyl (C=O) groups excluding carboxylic acids is 1. The number of rotatable bonds is 10. The third-order valence-electron chi connectivity index (χ3n) is 6.10. The molecule has 1 aliphatic rings. The molecule has 0 radical (unpaired) electrons. The van der Waals surface area contributed by atoms with E-state index in [-0.39, 0.29) is 17.5 Å². The minimum absolute atomic E-state index is 0.143. The standard InChI is InChI=1S/C32H31O5S/c33-31(37-32-13-7-8-22-34-32)24-36-26-16-14-25(15-17-26)23-35-27-18-20-30(21-19-27)38(28-9-3-1-4-10-28)29-11-5-2-6-12-29/h1-6,9-12,14-21,32H,7-8,13,22-24H2/q+1. The molecule has 1 unspecified atom stereocenters. The molecule has 4 aromatic rings. The summed E-state index contributed by atoms with van der Waals surface area (Å²) < 4.78 is 22.3. The lowest BCUT2D eigenvalue weighted by molar-refractivity contribution is -0.188. The van der Waals surface area contributed by atoms with Crippen molar-refractivity contribution in [3.63, 3.8) is 0 Å². The van der Waals surface area contributed by atoms with Gasteiger partial charge in [0.2, 0.25) is 6.29 Å². The highest BCUT2D eigenvalue weighted by Gasteiger charge is 2.28. The highest BCUT2D eigenvalue weighted by molar-refractivity contribution is 7.97. The second kappa shape index (κ2) is 13.2. The summed E-state index contributed by atoms with van der Waals surface area (Å²) in [6.45, 7) is 0.925. The van der Waals surface area contributed by atoms with Crippen molar-refractivity contribution < 1.29 is 23.7 Å². The van der Waals surface area contributed by atoms with Gasteiger partial charge in [-0.2, -0.15) is 0 Å². The van der Waals surface area contributed by atoms with Gasteiger partial charge < -0.3 is 18.9 Å². The molecule has 194 valence electrons. The topological polar surface area (TPSA) is 54.0 Å². The number of esters is 1. The van der Waals surface area contributed by atoms with Crippen molar-refractivity contribution in [1.82, 2.24) is 0 Å². The summed E-state index contributed by atoms with van der Waals surface area (Å²) in [7, 11) is -0.183. The van der Waals surface area contributed by atoms with Gasteiger partial charge in [0.15, 0.2) is 21.3 Å². The van der Waals surface area contributed by atoms with Gasteiger partial charge in [0, 0.05) is 6.42 Å². The van der Waals surface area contributed by atoms with Gasteiger partial charge in [-0.1, -0.05) is 48.5 Å². The Labute approximate surface area is 226 Å². The first-order chi connectivity index (χ1) is 18.7. The summed E-state index contributed by atoms with van der Waals surface area (Å²) in [6, 6.07) is 37.1. The number of hydrogen-bond acceptors (Lipinski definition) is 5. The van der Waals surface area contributed by atoms with E-state index >= 15 is 0 Å². The zero-order valence-electron chi connectivity index (χ0n) is 21.2. The first kappa shape index (κ1) is 25.9. The molecule has 0 saturated carbocycles. The molecule has 0 bridgehead atoms. The monoisotopic (exact) mass is 527 g/mol. The molecule has 1 atom stereocenters. The molecular weight excluding hydrogens is 496 g/mol. The summed E-state index contributed by atoms with van der Waals surface area (Å²) in [5.74, 6) is 0.995. The Bertz CT molecular complexity index is 1230. The predicted molar refractivity (Wildman–Crippen MR) is 147 cm³/mol. The Morgan fingerprint density at radius 1 is 0.711 bits per heavy atom. The zero-order valence-corrected chi connectivity index (χ0v) is 22.0. The lowest BCUT2D eigenvalue weighted by Gasteiger charge is -2.22. The number of hydrogen-bond donors (Lipinski definition) is 0. The van der Waals surface area contributed by atoms with E-state index < -0.39 is 12.3 Å². The molecule has 0 spiro atoms. The highest BCUT2D eigenvalue weighted by atomic mass is 32.2. The number of benzene rings is 4. The Balaban J connectivity index is 1.14. The van der Waals surface area contributed by atoms with E-state index in [0.717, 1.165) is 30.6 Å². The van der Waals surface area contributed by atoms with Crippen LogP contribution in [0.15, 0.2) is 124 Å². The van der Waals surface area contributed by atoms with Crippen molar-refractivity contribution in [3.05, 3.63) is 115 Å². The molecule has 1 aliphatic heterocycles. The lowest BCUT2D eigenvalue weighted by atomic mass is 10.2. The smallest absolute Gasteiger partial charge is 0.346 e. The molecule has 0 aromatic heterocycles. The number of ether oxygens (including phenoxy) is 4. The van der Waals surface area contributed by atoms with E-state index in [4.69, 9.17) is 18.9 Å². The predicted octanol–water partition coefficient (Wildman–Crippen LogP) is 6.81. The summed E-state index contributed by atoms with van der Waals surface area (Å²) in [5.41, 5.74) is 1.01. The first-order valence-corrected chi connectivity index (χ1v) is 14.1. The van der Waals surface area contributed by atoms with Gasteiger partial charge in [-0.3, -0.25) is 0 Å². The maximum atomic E-state index is 12.0. The van der Waals surface area contributed by atoms with E-state index in [9.17, 15) is 4.79 Å². The molecular formula is C32H31O5S+. The van der Waals surface area contributed by atoms with Crippen LogP contribution in [0.25, 0.3) is 0 Å². The quantitative estimate of drug-likeness (QED) is 0.168. The third kappa shape index (κ3) is 7.18. The van der Waals surface area contributed by atoms with Gasteiger partial charge in [0.25, 0.3) is 0 Å². The van der Waals surface area contributed by atoms with Crippen molar-refractivity contribution in [2.75, 3.05) is 13.2 Å². The van der Waals surface area contributed by atoms with Crippen molar-refractivity contribution in [2.45, 2.75) is 46.8 Å². The Morgan fingerprint density at radius 2 is 1.29 bits per heavy atom. The number of carbonyl (C=O) groups is 1. The molecule has 0 amide bonds. The molecule has 1 heterocycles. The van der Waals surface area contributed by atoms with Crippen molar-refractivity contribution in [1.29, 1.82) is 0 Å². The van der Waals surface area contributed by atoms with Crippen LogP contribution in [0.1, 0.15) is 24.8 Å². The lowest BCUT2D eigenvalue weighted by Crippen LogP contribution is -2.27. The molecule has 0 aliphatic carbocycles. The van der Waals surface area contributed by atoms with Crippen LogP contribution in [0.4, 0.5) is 0 Å². The zero-order chi connectivity index (χ0) is 26.0. The Morgan fingerprint density at radius 3 is 1.89 bits per heavy atom. The largest absolute Gasteiger partial charge is 0.489 e. The molecule has 6 heteroatoms. The van der Waals surface area contributed by atoms with Crippen LogP contribution in [0, 0.1) is 0 Å². The minimum Gasteiger partial charge on any atom is -0.489 e. The normalized spacial score (nSPS) is 15.1. The molecule has 5 nitrogen and oxygen atoms in total. The third-order valence-corrected chi connectivity index (χ3v) is 8.33. The average molecular weight is 528 g/mol.